The van der Waals surface area contributed by atoms with Crippen LogP contribution in [0.5, 0.6) is 0 Å². The molecular formula is C24H30N4O3S. The number of thioether (sulfide) groups is 1. The van der Waals surface area contributed by atoms with Crippen molar-refractivity contribution in [1.29, 1.82) is 0 Å². The summed E-state index contributed by atoms with van der Waals surface area (Å²) in [6.45, 7) is 3.76. The van der Waals surface area contributed by atoms with Crippen molar-refractivity contribution < 1.29 is 9.59 Å². The number of hydrogen-bond donors (Lipinski definition) is 2. The Kier molecular flexibility index (Phi) is 6.89. The van der Waals surface area contributed by atoms with Crippen LogP contribution in [0.2, 0.25) is 0 Å². The third-order valence-corrected chi connectivity index (χ3v) is 6.92. The molecule has 0 radical (unpaired) electrons. The number of hydrogen-bond acceptors (Lipinski definition) is 4. The smallest absolute Gasteiger partial charge is 0.318 e. The molecule has 0 unspecified atom stereocenters. The van der Waals surface area contributed by atoms with Crippen molar-refractivity contribution in [2.45, 2.75) is 38.3 Å². The maximum absolute atomic E-state index is 13.2. The van der Waals surface area contributed by atoms with Crippen molar-refractivity contribution in [3.63, 3.8) is 0 Å². The van der Waals surface area contributed by atoms with E-state index in [0.717, 1.165) is 29.1 Å². The van der Waals surface area contributed by atoms with Crippen molar-refractivity contribution in [1.82, 2.24) is 14.8 Å². The minimum Gasteiger partial charge on any atom is -0.326 e. The molecule has 32 heavy (non-hydrogen) atoms. The molecule has 0 spiro atoms. The molecule has 1 aromatic carbocycles. The van der Waals surface area contributed by atoms with Gasteiger partial charge in [0.1, 0.15) is 6.04 Å². The maximum atomic E-state index is 13.2. The van der Waals surface area contributed by atoms with Gasteiger partial charge in [-0.15, -0.1) is 0 Å². The number of carbonyl (C=O) groups excluding carboxylic acids is 2. The number of benzene rings is 1. The van der Waals surface area contributed by atoms with Crippen LogP contribution in [-0.2, 0) is 11.3 Å². The van der Waals surface area contributed by atoms with E-state index in [1.807, 2.05) is 53.0 Å². The van der Waals surface area contributed by atoms with Gasteiger partial charge in [-0.25, -0.2) is 4.79 Å². The van der Waals surface area contributed by atoms with Gasteiger partial charge in [0.2, 0.25) is 5.91 Å². The van der Waals surface area contributed by atoms with E-state index in [9.17, 15) is 14.4 Å². The number of amides is 3. The quantitative estimate of drug-likeness (QED) is 0.703. The third kappa shape index (κ3) is 5.01. The monoisotopic (exact) mass is 454 g/mol. The highest BCUT2D eigenvalue weighted by Crippen LogP contribution is 2.34. The second-order valence-electron chi connectivity index (χ2n) is 8.75. The first kappa shape index (κ1) is 22.5. The average molecular weight is 455 g/mol. The maximum Gasteiger partial charge on any atom is 0.318 e. The van der Waals surface area contributed by atoms with Crippen molar-refractivity contribution in [2.24, 2.45) is 5.92 Å². The number of carbonyl (C=O) groups is 2. The molecule has 2 N–H and O–H groups in total. The van der Waals surface area contributed by atoms with Crippen LogP contribution < -0.4 is 16.2 Å². The number of urea groups is 1. The summed E-state index contributed by atoms with van der Waals surface area (Å²) in [5.41, 5.74) is 2.82. The number of piperidine rings is 1. The van der Waals surface area contributed by atoms with Crippen LogP contribution in [0.3, 0.4) is 0 Å². The molecule has 0 saturated carbocycles. The van der Waals surface area contributed by atoms with Gasteiger partial charge >= 0.3 is 6.03 Å². The van der Waals surface area contributed by atoms with E-state index in [4.69, 9.17) is 0 Å². The fourth-order valence-corrected chi connectivity index (χ4v) is 5.23. The average Bonchev–Trinajstić information content (AvgIpc) is 2.77. The fourth-order valence-electron chi connectivity index (χ4n) is 4.76. The molecule has 4 rings (SSSR count). The summed E-state index contributed by atoms with van der Waals surface area (Å²) >= 11 is 1.65. The lowest BCUT2D eigenvalue weighted by Gasteiger charge is -2.43. The highest BCUT2D eigenvalue weighted by atomic mass is 32.2. The molecule has 3 amide bonds. The van der Waals surface area contributed by atoms with Gasteiger partial charge in [0.15, 0.2) is 0 Å². The van der Waals surface area contributed by atoms with Crippen LogP contribution in [0, 0.1) is 12.8 Å². The minimum atomic E-state index is -0.605. The predicted octanol–water partition coefficient (Wildman–Crippen LogP) is 3.05. The molecular weight excluding hydrogens is 424 g/mol. The van der Waals surface area contributed by atoms with Gasteiger partial charge in [0.25, 0.3) is 5.56 Å². The molecule has 2 aromatic rings. The van der Waals surface area contributed by atoms with Crippen LogP contribution in [0.15, 0.2) is 47.3 Å². The van der Waals surface area contributed by atoms with Crippen molar-refractivity contribution in [2.75, 3.05) is 30.4 Å². The van der Waals surface area contributed by atoms with Gasteiger partial charge < -0.3 is 20.1 Å². The van der Waals surface area contributed by atoms with Gasteiger partial charge in [0.05, 0.1) is 0 Å². The number of nitrogens with one attached hydrogen (secondary N) is 2. The SMILES string of the molecule is CSCC[C@H](NC(=O)N1C[C@@H]2C[C@@H](C1)c1cccc(=O)n1C2)C(=O)Nc1cccc(C)c1. The Labute approximate surface area is 192 Å². The largest absolute Gasteiger partial charge is 0.326 e. The molecule has 1 saturated heterocycles. The number of pyridine rings is 1. The highest BCUT2D eigenvalue weighted by Gasteiger charge is 2.37. The van der Waals surface area contributed by atoms with Crippen LogP contribution in [0.25, 0.3) is 0 Å². The number of likely N-dealkylation sites (tertiary alicyclic amines) is 1. The minimum absolute atomic E-state index is 0.0278. The Hall–Kier alpha value is -2.74. The number of fused-ring (bicyclic) bond motifs is 4. The molecule has 3 atom stereocenters. The standard InChI is InChI=1S/C24H30N4O3S/c1-16-5-3-6-19(11-16)25-23(30)20(9-10-32-2)26-24(31)27-13-17-12-18(15-27)21-7-4-8-22(29)28(21)14-17/h3-8,11,17-18,20H,9-10,12-15H2,1-2H3,(H,25,30)(H,26,31)/t17-,18-,20-/m0/s1. The van der Waals surface area contributed by atoms with E-state index >= 15 is 0 Å². The lowest BCUT2D eigenvalue weighted by atomic mass is 9.83. The molecule has 0 aliphatic carbocycles. The normalized spacial score (nSPS) is 20.2. The van der Waals surface area contributed by atoms with Gasteiger partial charge in [0, 0.05) is 43.0 Å². The molecule has 170 valence electrons. The molecule has 7 nitrogen and oxygen atoms in total. The molecule has 8 heteroatoms. The summed E-state index contributed by atoms with van der Waals surface area (Å²) < 4.78 is 1.85. The first-order valence-corrected chi connectivity index (χ1v) is 12.5. The summed E-state index contributed by atoms with van der Waals surface area (Å²) in [4.78, 5) is 40.1. The predicted molar refractivity (Wildman–Crippen MR) is 128 cm³/mol. The van der Waals surface area contributed by atoms with Gasteiger partial charge in [-0.1, -0.05) is 18.2 Å². The number of rotatable bonds is 6. The van der Waals surface area contributed by atoms with Crippen LogP contribution in [-0.4, -0.2) is 52.5 Å². The fraction of sp³-hybridized carbons (Fsp3) is 0.458. The molecule has 3 heterocycles. The Balaban J connectivity index is 1.44. The van der Waals surface area contributed by atoms with E-state index in [1.54, 1.807) is 23.9 Å². The zero-order valence-electron chi connectivity index (χ0n) is 18.5. The lowest BCUT2D eigenvalue weighted by molar-refractivity contribution is -0.118. The number of anilines is 1. The first-order valence-electron chi connectivity index (χ1n) is 11.1. The Morgan fingerprint density at radius 3 is 2.75 bits per heavy atom. The van der Waals surface area contributed by atoms with Crippen LogP contribution in [0.4, 0.5) is 10.5 Å². The molecule has 2 aliphatic rings. The zero-order valence-corrected chi connectivity index (χ0v) is 19.4. The number of aromatic nitrogens is 1. The number of nitrogens with zero attached hydrogens (tertiary/aromatic N) is 2. The number of aryl methyl sites for hydroxylation is 1. The van der Waals surface area contributed by atoms with E-state index in [-0.39, 0.29) is 29.3 Å². The Bertz CT molecular complexity index is 1050. The Morgan fingerprint density at radius 1 is 1.16 bits per heavy atom. The molecule has 2 bridgehead atoms. The highest BCUT2D eigenvalue weighted by molar-refractivity contribution is 7.98. The summed E-state index contributed by atoms with van der Waals surface area (Å²) in [6, 6.07) is 12.2. The molecule has 2 aliphatic heterocycles. The molecule has 1 aromatic heterocycles. The van der Waals surface area contributed by atoms with Crippen LogP contribution in [0.1, 0.15) is 30.0 Å². The second kappa shape index (κ2) is 9.81. The second-order valence-corrected chi connectivity index (χ2v) is 9.73. The van der Waals surface area contributed by atoms with Crippen molar-refractivity contribution in [3.05, 3.63) is 64.1 Å². The zero-order chi connectivity index (χ0) is 22.7. The first-order chi connectivity index (χ1) is 15.4. The van der Waals surface area contributed by atoms with Gasteiger partial charge in [-0.05, 0) is 61.5 Å². The van der Waals surface area contributed by atoms with Crippen LogP contribution >= 0.6 is 11.8 Å². The summed E-state index contributed by atoms with van der Waals surface area (Å²) in [5, 5.41) is 5.91. The molecule has 1 fully saturated rings. The topological polar surface area (TPSA) is 83.4 Å². The van der Waals surface area contributed by atoms with E-state index in [0.29, 0.717) is 26.1 Å². The van der Waals surface area contributed by atoms with Crippen molar-refractivity contribution >= 4 is 29.4 Å². The summed E-state index contributed by atoms with van der Waals surface area (Å²) in [7, 11) is 0. The summed E-state index contributed by atoms with van der Waals surface area (Å²) in [5.74, 6) is 0.964. The van der Waals surface area contributed by atoms with Gasteiger partial charge in [-0.3, -0.25) is 9.59 Å². The Morgan fingerprint density at radius 2 is 1.97 bits per heavy atom. The van der Waals surface area contributed by atoms with E-state index in [1.165, 1.54) is 0 Å². The van der Waals surface area contributed by atoms with Gasteiger partial charge in [-0.2, -0.15) is 11.8 Å². The third-order valence-electron chi connectivity index (χ3n) is 6.28. The van der Waals surface area contributed by atoms with Crippen molar-refractivity contribution in [3.8, 4) is 0 Å². The summed E-state index contributed by atoms with van der Waals surface area (Å²) in [6.07, 6.45) is 3.53. The van der Waals surface area contributed by atoms with E-state index < -0.39 is 6.04 Å². The van der Waals surface area contributed by atoms with E-state index in [2.05, 4.69) is 10.6 Å². The lowest BCUT2D eigenvalue weighted by Crippen LogP contribution is -2.55.